The van der Waals surface area contributed by atoms with E-state index in [2.05, 4.69) is 6.58 Å². The van der Waals surface area contributed by atoms with Crippen LogP contribution in [0.25, 0.3) is 0 Å². The highest BCUT2D eigenvalue weighted by Gasteiger charge is 2.43. The number of hydrogen-bond donors (Lipinski definition) is 0. The van der Waals surface area contributed by atoms with E-state index in [1.54, 1.807) is 5.70 Å². The molecule has 54 valence electrons. The van der Waals surface area contributed by atoms with Crippen molar-refractivity contribution in [2.45, 2.75) is 13.1 Å². The van der Waals surface area contributed by atoms with Crippen molar-refractivity contribution in [3.05, 3.63) is 12.3 Å². The van der Waals surface area contributed by atoms with Gasteiger partial charge in [0.1, 0.15) is 0 Å². The number of halogens is 3. The molecule has 0 spiro atoms. The minimum absolute atomic E-state index is 1.72. The van der Waals surface area contributed by atoms with Gasteiger partial charge in [0.2, 0.25) is 6.90 Å². The van der Waals surface area contributed by atoms with Gasteiger partial charge in [-0.2, -0.15) is 11.1 Å². The molecular formula is C4H9Cl3Si2. The summed E-state index contributed by atoms with van der Waals surface area (Å²) in [5, 5.41) is 0. The second-order valence-electron chi connectivity index (χ2n) is 2.17. The van der Waals surface area contributed by atoms with Crippen molar-refractivity contribution in [3.63, 3.8) is 0 Å². The van der Waals surface area contributed by atoms with Crippen molar-refractivity contribution >= 4 is 46.3 Å². The molecule has 0 fully saturated rings. The molecule has 0 heterocycles. The summed E-state index contributed by atoms with van der Waals surface area (Å²) in [4.78, 5) is 0. The van der Waals surface area contributed by atoms with Crippen molar-refractivity contribution < 1.29 is 0 Å². The van der Waals surface area contributed by atoms with Gasteiger partial charge in [0.05, 0.1) is 0 Å². The summed E-state index contributed by atoms with van der Waals surface area (Å²) in [6.45, 7) is 5.36. The van der Waals surface area contributed by atoms with Crippen LogP contribution < -0.4 is 0 Å². The topological polar surface area (TPSA) is 0 Å². The maximum Gasteiger partial charge on any atom is 0.257 e. The van der Waals surface area contributed by atoms with Gasteiger partial charge in [-0.1, -0.05) is 12.2 Å². The third kappa shape index (κ3) is 2.64. The summed E-state index contributed by atoms with van der Waals surface area (Å²) in [6, 6.07) is 0. The summed E-state index contributed by atoms with van der Waals surface area (Å²) in [6.07, 6.45) is -2.15. The molecule has 0 rings (SSSR count). The zero-order chi connectivity index (χ0) is 7.71. The molecule has 0 aliphatic rings. The van der Waals surface area contributed by atoms with Gasteiger partial charge in [-0.25, -0.2) is 0 Å². The van der Waals surface area contributed by atoms with Crippen LogP contribution in [-0.2, 0) is 0 Å². The zero-order valence-corrected chi connectivity index (χ0v) is 9.69. The Morgan fingerprint density at radius 2 is 1.56 bits per heavy atom. The van der Waals surface area contributed by atoms with Crippen LogP contribution in [0.15, 0.2) is 12.3 Å². The lowest BCUT2D eigenvalue weighted by Gasteiger charge is -2.22. The highest BCUT2D eigenvalue weighted by Crippen LogP contribution is 2.30. The van der Waals surface area contributed by atoms with Crippen LogP contribution in [0, 0.1) is 0 Å². The van der Waals surface area contributed by atoms with Crippen molar-refractivity contribution in [2.75, 3.05) is 0 Å². The predicted molar refractivity (Wildman–Crippen MR) is 51.0 cm³/mol. The lowest BCUT2D eigenvalue weighted by atomic mass is 11.3. The smallest absolute Gasteiger partial charge is 0.162 e. The first-order chi connectivity index (χ1) is 3.81. The molecule has 0 aliphatic carbocycles. The fourth-order valence-corrected chi connectivity index (χ4v) is 3.00. The average Bonchev–Trinajstić information content (AvgIpc) is 1.64. The highest BCUT2D eigenvalue weighted by molar-refractivity contribution is 7.84. The molecule has 0 N–H and O–H groups in total. The van der Waals surface area contributed by atoms with E-state index < -0.39 is 13.1 Å². The molecule has 0 saturated carbocycles. The fourth-order valence-electron chi connectivity index (χ4n) is 0.179. The van der Waals surface area contributed by atoms with E-state index in [0.717, 1.165) is 0 Å². The molecule has 0 aromatic rings. The first-order valence-electron chi connectivity index (χ1n) is 2.51. The number of rotatable bonds is 2. The van der Waals surface area contributed by atoms with E-state index in [4.69, 9.17) is 33.2 Å². The third-order valence-electron chi connectivity index (χ3n) is 1.24. The largest absolute Gasteiger partial charge is 0.257 e. The van der Waals surface area contributed by atoms with E-state index in [9.17, 15) is 0 Å². The van der Waals surface area contributed by atoms with Crippen molar-refractivity contribution in [1.29, 1.82) is 0 Å². The summed E-state index contributed by atoms with van der Waals surface area (Å²) >= 11 is 17.8. The number of hydrogen-bond acceptors (Lipinski definition) is 0. The molecule has 0 aliphatic heterocycles. The minimum atomic E-state index is -2.15. The molecule has 0 bridgehead atoms. The second kappa shape index (κ2) is 2.97. The lowest BCUT2D eigenvalue weighted by molar-refractivity contribution is 2.11. The Morgan fingerprint density at radius 3 is 1.56 bits per heavy atom. The first kappa shape index (κ1) is 10.0. The quantitative estimate of drug-likeness (QED) is 0.494. The van der Waals surface area contributed by atoms with Crippen LogP contribution in [0.2, 0.25) is 13.1 Å². The van der Waals surface area contributed by atoms with Crippen molar-refractivity contribution in [2.24, 2.45) is 0 Å². The van der Waals surface area contributed by atoms with Gasteiger partial charge in [-0.3, -0.25) is 0 Å². The van der Waals surface area contributed by atoms with E-state index in [1.807, 2.05) is 13.1 Å². The fraction of sp³-hybridized carbons (Fsp3) is 0.500. The molecular weight excluding hydrogens is 211 g/mol. The zero-order valence-electron chi connectivity index (χ0n) is 5.42. The Hall–Kier alpha value is 1.04. The normalized spacial score (nSPS) is 18.8. The standard InChI is InChI=1S/C4H9Cl3Si2/c1-4-8(2,5)9(3,6)7/h4H,1H2,2-3H3. The molecule has 0 nitrogen and oxygen atoms in total. The SMILES string of the molecule is C=C[Si](C)(Cl)[Si](C)(Cl)Cl. The second-order valence-corrected chi connectivity index (χ2v) is 22.9. The first-order valence-corrected chi connectivity index (χ1v) is 11.6. The van der Waals surface area contributed by atoms with Crippen molar-refractivity contribution in [3.8, 4) is 0 Å². The Bertz CT molecular complexity index is 115. The van der Waals surface area contributed by atoms with Gasteiger partial charge in [-0.05, 0) is 6.55 Å². The Labute approximate surface area is 71.7 Å². The van der Waals surface area contributed by atoms with Crippen LogP contribution >= 0.6 is 33.2 Å². The Kier molecular flexibility index (Phi) is 3.31. The van der Waals surface area contributed by atoms with Crippen LogP contribution in [0.4, 0.5) is 0 Å². The summed E-state index contributed by atoms with van der Waals surface area (Å²) < 4.78 is 0. The maximum atomic E-state index is 6.02. The van der Waals surface area contributed by atoms with Gasteiger partial charge in [0.25, 0.3) is 6.21 Å². The van der Waals surface area contributed by atoms with E-state index in [-0.39, 0.29) is 0 Å². The van der Waals surface area contributed by atoms with Crippen LogP contribution in [-0.4, -0.2) is 13.1 Å². The van der Waals surface area contributed by atoms with E-state index >= 15 is 0 Å². The van der Waals surface area contributed by atoms with Gasteiger partial charge < -0.3 is 0 Å². The molecule has 0 aromatic heterocycles. The molecule has 9 heavy (non-hydrogen) atoms. The summed E-state index contributed by atoms with van der Waals surface area (Å²) in [5.74, 6) is 0. The van der Waals surface area contributed by atoms with Gasteiger partial charge in [0.15, 0.2) is 0 Å². The van der Waals surface area contributed by atoms with Crippen LogP contribution in [0.1, 0.15) is 0 Å². The molecule has 0 amide bonds. The van der Waals surface area contributed by atoms with Crippen LogP contribution in [0.3, 0.4) is 0 Å². The predicted octanol–water partition coefficient (Wildman–Crippen LogP) is 3.15. The van der Waals surface area contributed by atoms with Gasteiger partial charge >= 0.3 is 0 Å². The van der Waals surface area contributed by atoms with Crippen LogP contribution in [0.5, 0.6) is 0 Å². The Balaban J connectivity index is 4.32. The minimum Gasteiger partial charge on any atom is -0.162 e. The summed E-state index contributed by atoms with van der Waals surface area (Å²) in [7, 11) is 0. The Morgan fingerprint density at radius 1 is 1.22 bits per heavy atom. The van der Waals surface area contributed by atoms with Gasteiger partial charge in [0, 0.05) is 0 Å². The van der Waals surface area contributed by atoms with E-state index in [0.29, 0.717) is 0 Å². The third-order valence-corrected chi connectivity index (χ3v) is 22.2. The molecule has 1 atom stereocenters. The van der Waals surface area contributed by atoms with Crippen molar-refractivity contribution in [1.82, 2.24) is 0 Å². The molecule has 0 saturated heterocycles. The van der Waals surface area contributed by atoms with E-state index in [1.165, 1.54) is 0 Å². The van der Waals surface area contributed by atoms with Gasteiger partial charge in [-0.15, -0.1) is 28.7 Å². The molecule has 0 aromatic carbocycles. The average molecular weight is 220 g/mol. The monoisotopic (exact) mass is 218 g/mol. The molecule has 0 radical (unpaired) electrons. The molecule has 5 heteroatoms. The maximum absolute atomic E-state index is 6.02. The lowest BCUT2D eigenvalue weighted by Crippen LogP contribution is -2.44. The molecule has 1 unspecified atom stereocenters. The highest BCUT2D eigenvalue weighted by atomic mass is 35.7. The summed E-state index contributed by atoms with van der Waals surface area (Å²) in [5.41, 5.74) is 1.72.